The van der Waals surface area contributed by atoms with Crippen LogP contribution in [0.2, 0.25) is 0 Å². The van der Waals surface area contributed by atoms with E-state index in [1.54, 1.807) is 11.8 Å². The van der Waals surface area contributed by atoms with Crippen molar-refractivity contribution in [3.63, 3.8) is 0 Å². The maximum absolute atomic E-state index is 8.82. The molecule has 0 saturated heterocycles. The van der Waals surface area contributed by atoms with Crippen molar-refractivity contribution in [1.29, 1.82) is 0 Å². The lowest BCUT2D eigenvalue weighted by atomic mass is 10.4. The predicted molar refractivity (Wildman–Crippen MR) is 51.2 cm³/mol. The number of rotatable bonds is 3. The molecule has 1 N–H and O–H groups in total. The van der Waals surface area contributed by atoms with Crippen molar-refractivity contribution in [1.82, 2.24) is 4.98 Å². The van der Waals surface area contributed by atoms with Gasteiger partial charge in [0.1, 0.15) is 0 Å². The van der Waals surface area contributed by atoms with E-state index >= 15 is 0 Å². The zero-order valence-electron chi connectivity index (χ0n) is 7.32. The predicted octanol–water partition coefficient (Wildman–Crippen LogP) is 2.07. The standard InChI is InChI=1S/C9H13NOS/c1-7(2)12-9-5-3-4-8(6-11)10-9/h3-5,7,11H,6H2,1-2H3. The number of thioether (sulfide) groups is 1. The first-order chi connectivity index (χ1) is 5.72. The molecule has 1 heterocycles. The quantitative estimate of drug-likeness (QED) is 0.728. The Morgan fingerprint density at radius 1 is 1.50 bits per heavy atom. The first kappa shape index (κ1) is 9.55. The van der Waals surface area contributed by atoms with E-state index in [1.807, 2.05) is 18.2 Å². The third kappa shape index (κ3) is 2.83. The maximum Gasteiger partial charge on any atom is 0.0966 e. The smallest absolute Gasteiger partial charge is 0.0966 e. The molecule has 0 aliphatic rings. The van der Waals surface area contributed by atoms with Crippen LogP contribution in [-0.2, 0) is 6.61 Å². The van der Waals surface area contributed by atoms with Gasteiger partial charge in [-0.05, 0) is 12.1 Å². The molecule has 1 rings (SSSR count). The summed E-state index contributed by atoms with van der Waals surface area (Å²) in [6, 6.07) is 5.71. The molecule has 12 heavy (non-hydrogen) atoms. The summed E-state index contributed by atoms with van der Waals surface area (Å²) in [7, 11) is 0. The SMILES string of the molecule is CC(C)Sc1cccc(CO)n1. The van der Waals surface area contributed by atoms with Gasteiger partial charge in [0.2, 0.25) is 0 Å². The van der Waals surface area contributed by atoms with Crippen LogP contribution in [0.5, 0.6) is 0 Å². The number of aliphatic hydroxyl groups is 1. The van der Waals surface area contributed by atoms with Gasteiger partial charge in [-0.2, -0.15) is 0 Å². The lowest BCUT2D eigenvalue weighted by Gasteiger charge is -2.04. The van der Waals surface area contributed by atoms with Gasteiger partial charge < -0.3 is 5.11 Å². The van der Waals surface area contributed by atoms with Crippen LogP contribution in [0.3, 0.4) is 0 Å². The maximum atomic E-state index is 8.82. The zero-order valence-corrected chi connectivity index (χ0v) is 8.14. The number of pyridine rings is 1. The van der Waals surface area contributed by atoms with Gasteiger partial charge in [0.15, 0.2) is 0 Å². The second-order valence-electron chi connectivity index (χ2n) is 2.79. The van der Waals surface area contributed by atoms with Gasteiger partial charge in [0, 0.05) is 5.25 Å². The van der Waals surface area contributed by atoms with Crippen LogP contribution in [0.25, 0.3) is 0 Å². The minimum atomic E-state index is 0.0203. The molecule has 1 aromatic heterocycles. The lowest BCUT2D eigenvalue weighted by molar-refractivity contribution is 0.276. The van der Waals surface area contributed by atoms with Crippen LogP contribution in [0.1, 0.15) is 19.5 Å². The van der Waals surface area contributed by atoms with Gasteiger partial charge in [-0.15, -0.1) is 11.8 Å². The van der Waals surface area contributed by atoms with Gasteiger partial charge >= 0.3 is 0 Å². The van der Waals surface area contributed by atoms with Crippen LogP contribution >= 0.6 is 11.8 Å². The molecule has 3 heteroatoms. The van der Waals surface area contributed by atoms with Gasteiger partial charge in [-0.25, -0.2) is 4.98 Å². The summed E-state index contributed by atoms with van der Waals surface area (Å²) in [5.41, 5.74) is 0.737. The minimum absolute atomic E-state index is 0.0203. The minimum Gasteiger partial charge on any atom is -0.390 e. The molecule has 0 amide bonds. The molecule has 0 spiro atoms. The van der Waals surface area contributed by atoms with Gasteiger partial charge in [0.25, 0.3) is 0 Å². The Morgan fingerprint density at radius 3 is 2.83 bits per heavy atom. The summed E-state index contributed by atoms with van der Waals surface area (Å²) in [5, 5.41) is 10.3. The van der Waals surface area contributed by atoms with Crippen LogP contribution in [0.4, 0.5) is 0 Å². The first-order valence-corrected chi connectivity index (χ1v) is 4.84. The Kier molecular flexibility index (Phi) is 3.56. The number of hydrogen-bond donors (Lipinski definition) is 1. The van der Waals surface area contributed by atoms with E-state index in [0.717, 1.165) is 10.7 Å². The van der Waals surface area contributed by atoms with Crippen molar-refractivity contribution in [2.24, 2.45) is 0 Å². The molecular weight excluding hydrogens is 170 g/mol. The summed E-state index contributed by atoms with van der Waals surface area (Å²) in [6.07, 6.45) is 0. The second-order valence-corrected chi connectivity index (χ2v) is 4.39. The second kappa shape index (κ2) is 4.48. The third-order valence-corrected chi connectivity index (χ3v) is 2.24. The number of hydrogen-bond acceptors (Lipinski definition) is 3. The molecule has 0 unspecified atom stereocenters. The van der Waals surface area contributed by atoms with Gasteiger partial charge in [-0.3, -0.25) is 0 Å². The highest BCUT2D eigenvalue weighted by Gasteiger charge is 1.99. The van der Waals surface area contributed by atoms with E-state index in [1.165, 1.54) is 0 Å². The van der Waals surface area contributed by atoms with Crippen molar-refractivity contribution in [3.05, 3.63) is 23.9 Å². The number of nitrogens with zero attached hydrogens (tertiary/aromatic N) is 1. The van der Waals surface area contributed by atoms with Crippen LogP contribution < -0.4 is 0 Å². The normalized spacial score (nSPS) is 10.7. The Bertz CT molecular complexity index is 250. The van der Waals surface area contributed by atoms with E-state index in [0.29, 0.717) is 5.25 Å². The molecule has 0 fully saturated rings. The number of aromatic nitrogens is 1. The Morgan fingerprint density at radius 2 is 2.25 bits per heavy atom. The summed E-state index contributed by atoms with van der Waals surface area (Å²) in [5.74, 6) is 0. The highest BCUT2D eigenvalue weighted by Crippen LogP contribution is 2.20. The zero-order chi connectivity index (χ0) is 8.97. The molecule has 0 aromatic carbocycles. The van der Waals surface area contributed by atoms with Crippen molar-refractivity contribution in [2.45, 2.75) is 30.7 Å². The van der Waals surface area contributed by atoms with Crippen LogP contribution in [-0.4, -0.2) is 15.3 Å². The van der Waals surface area contributed by atoms with Crippen LogP contribution in [0, 0.1) is 0 Å². The fraction of sp³-hybridized carbons (Fsp3) is 0.444. The molecule has 0 atom stereocenters. The molecule has 66 valence electrons. The van der Waals surface area contributed by atoms with E-state index in [4.69, 9.17) is 5.11 Å². The fourth-order valence-corrected chi connectivity index (χ4v) is 1.66. The average molecular weight is 183 g/mol. The van der Waals surface area contributed by atoms with Gasteiger partial charge in [0.05, 0.1) is 17.3 Å². The molecule has 0 aliphatic carbocycles. The van der Waals surface area contributed by atoms with E-state index in [9.17, 15) is 0 Å². The van der Waals surface area contributed by atoms with E-state index in [-0.39, 0.29) is 6.61 Å². The molecular formula is C9H13NOS. The Balaban J connectivity index is 2.72. The average Bonchev–Trinajstić information content (AvgIpc) is 2.03. The fourth-order valence-electron chi connectivity index (χ4n) is 0.853. The highest BCUT2D eigenvalue weighted by molar-refractivity contribution is 7.99. The van der Waals surface area contributed by atoms with Crippen LogP contribution in [0.15, 0.2) is 23.2 Å². The van der Waals surface area contributed by atoms with Crippen molar-refractivity contribution >= 4 is 11.8 Å². The molecule has 0 aliphatic heterocycles. The Labute approximate surface area is 77.0 Å². The molecule has 1 aromatic rings. The van der Waals surface area contributed by atoms with Crippen molar-refractivity contribution in [2.75, 3.05) is 0 Å². The van der Waals surface area contributed by atoms with Crippen molar-refractivity contribution < 1.29 is 5.11 Å². The summed E-state index contributed by atoms with van der Waals surface area (Å²) in [4.78, 5) is 4.24. The largest absolute Gasteiger partial charge is 0.390 e. The van der Waals surface area contributed by atoms with E-state index < -0.39 is 0 Å². The highest BCUT2D eigenvalue weighted by atomic mass is 32.2. The van der Waals surface area contributed by atoms with Gasteiger partial charge in [-0.1, -0.05) is 19.9 Å². The molecule has 0 radical (unpaired) electrons. The first-order valence-electron chi connectivity index (χ1n) is 3.96. The van der Waals surface area contributed by atoms with E-state index in [2.05, 4.69) is 18.8 Å². The monoisotopic (exact) mass is 183 g/mol. The lowest BCUT2D eigenvalue weighted by Crippen LogP contribution is -1.93. The number of aliphatic hydroxyl groups excluding tert-OH is 1. The topological polar surface area (TPSA) is 33.1 Å². The summed E-state index contributed by atoms with van der Waals surface area (Å²) >= 11 is 1.71. The summed E-state index contributed by atoms with van der Waals surface area (Å²) in [6.45, 7) is 4.27. The third-order valence-electron chi connectivity index (χ3n) is 1.30. The van der Waals surface area contributed by atoms with Crippen molar-refractivity contribution in [3.8, 4) is 0 Å². The molecule has 0 saturated carbocycles. The molecule has 0 bridgehead atoms. The Hall–Kier alpha value is -0.540. The molecule has 2 nitrogen and oxygen atoms in total. The summed E-state index contributed by atoms with van der Waals surface area (Å²) < 4.78 is 0.